The van der Waals surface area contributed by atoms with Gasteiger partial charge in [0.15, 0.2) is 5.76 Å². The van der Waals surface area contributed by atoms with Gasteiger partial charge < -0.3 is 30.4 Å². The van der Waals surface area contributed by atoms with E-state index >= 15 is 0 Å². The minimum Gasteiger partial charge on any atom is -0.494 e. The summed E-state index contributed by atoms with van der Waals surface area (Å²) in [6, 6.07) is -0.477. The number of hydrogen-bond acceptors (Lipinski definition) is 6. The van der Waals surface area contributed by atoms with Gasteiger partial charge >= 0.3 is 0 Å². The average Bonchev–Trinajstić information content (AvgIpc) is 2.45. The van der Waals surface area contributed by atoms with Crippen LogP contribution in [0.3, 0.4) is 0 Å². The number of carbonyl (C=O) groups excluding carboxylic acids is 1. The second-order valence-electron chi connectivity index (χ2n) is 4.60. The number of rotatable bonds is 10. The van der Waals surface area contributed by atoms with Crippen LogP contribution in [0.1, 0.15) is 12.8 Å². The fraction of sp³-hybridized carbons (Fsp3) is 0.643. The molecule has 0 fully saturated rings. The Bertz CT molecular complexity index is 406. The molecule has 0 heterocycles. The standard InChI is InChI=1S/C14H24N2O5/c1-18-4-3-5-20-13-9-11(15)10(14(16)17)8-12(13)21-7-6-19-2/h8,11H,3-7,9,15H2,1-2H3,(H2,16,17). The van der Waals surface area contributed by atoms with Gasteiger partial charge in [-0.1, -0.05) is 0 Å². The molecule has 1 aliphatic carbocycles. The van der Waals surface area contributed by atoms with Gasteiger partial charge in [0, 0.05) is 45.3 Å². The summed E-state index contributed by atoms with van der Waals surface area (Å²) in [5.41, 5.74) is 11.6. The molecule has 1 aliphatic rings. The summed E-state index contributed by atoms with van der Waals surface area (Å²) in [6.45, 7) is 1.90. The molecule has 1 amide bonds. The van der Waals surface area contributed by atoms with Gasteiger partial charge in [0.05, 0.1) is 13.2 Å². The van der Waals surface area contributed by atoms with Crippen LogP contribution < -0.4 is 11.5 Å². The van der Waals surface area contributed by atoms with Crippen molar-refractivity contribution in [1.29, 1.82) is 0 Å². The Labute approximate surface area is 124 Å². The highest BCUT2D eigenvalue weighted by Crippen LogP contribution is 2.25. The molecule has 0 aromatic heterocycles. The van der Waals surface area contributed by atoms with Gasteiger partial charge in [0.1, 0.15) is 12.4 Å². The first-order chi connectivity index (χ1) is 10.1. The van der Waals surface area contributed by atoms with E-state index in [1.807, 2.05) is 0 Å². The number of ether oxygens (including phenoxy) is 4. The number of carbonyl (C=O) groups is 1. The number of nitrogens with two attached hydrogens (primary N) is 2. The summed E-state index contributed by atoms with van der Waals surface area (Å²) in [5.74, 6) is 0.563. The average molecular weight is 300 g/mol. The van der Waals surface area contributed by atoms with E-state index in [2.05, 4.69) is 0 Å². The van der Waals surface area contributed by atoms with Crippen molar-refractivity contribution in [2.45, 2.75) is 18.9 Å². The topological polar surface area (TPSA) is 106 Å². The normalized spacial score (nSPS) is 18.4. The second kappa shape index (κ2) is 9.38. The van der Waals surface area contributed by atoms with Crippen molar-refractivity contribution < 1.29 is 23.7 Å². The third-order valence-corrected chi connectivity index (χ3v) is 2.96. The van der Waals surface area contributed by atoms with Crippen LogP contribution in [0.5, 0.6) is 0 Å². The molecule has 1 unspecified atom stereocenters. The molecule has 0 saturated carbocycles. The third kappa shape index (κ3) is 5.74. The number of primary amides is 1. The lowest BCUT2D eigenvalue weighted by atomic mass is 9.97. The number of amides is 1. The molecule has 7 heteroatoms. The van der Waals surface area contributed by atoms with Crippen LogP contribution in [0.25, 0.3) is 0 Å². The van der Waals surface area contributed by atoms with Gasteiger partial charge in [0.2, 0.25) is 5.91 Å². The fourth-order valence-electron chi connectivity index (χ4n) is 1.88. The first-order valence-corrected chi connectivity index (χ1v) is 6.83. The maximum absolute atomic E-state index is 11.4. The van der Waals surface area contributed by atoms with Crippen molar-refractivity contribution in [2.75, 3.05) is 40.6 Å². The molecule has 0 bridgehead atoms. The van der Waals surface area contributed by atoms with Crippen LogP contribution in [0.4, 0.5) is 0 Å². The zero-order valence-electron chi connectivity index (χ0n) is 12.6. The number of hydrogen-bond donors (Lipinski definition) is 2. The molecular formula is C14H24N2O5. The summed E-state index contributed by atoms with van der Waals surface area (Å²) in [6.07, 6.45) is 2.69. The van der Waals surface area contributed by atoms with Crippen molar-refractivity contribution >= 4 is 5.91 Å². The first-order valence-electron chi connectivity index (χ1n) is 6.83. The second-order valence-corrected chi connectivity index (χ2v) is 4.60. The van der Waals surface area contributed by atoms with Crippen molar-refractivity contribution in [2.24, 2.45) is 11.5 Å². The van der Waals surface area contributed by atoms with Gasteiger partial charge in [-0.2, -0.15) is 0 Å². The molecule has 21 heavy (non-hydrogen) atoms. The zero-order valence-corrected chi connectivity index (χ0v) is 12.6. The summed E-state index contributed by atoms with van der Waals surface area (Å²) < 4.78 is 21.2. The first kappa shape index (κ1) is 17.5. The molecule has 0 aromatic carbocycles. The van der Waals surface area contributed by atoms with Crippen LogP contribution in [-0.2, 0) is 23.7 Å². The maximum atomic E-state index is 11.4. The molecule has 4 N–H and O–H groups in total. The summed E-state index contributed by atoms with van der Waals surface area (Å²) in [5, 5.41) is 0. The number of allylic oxidation sites excluding steroid dienone is 1. The molecule has 0 spiro atoms. The van der Waals surface area contributed by atoms with Gasteiger partial charge in [-0.3, -0.25) is 4.79 Å². The molecule has 7 nitrogen and oxygen atoms in total. The van der Waals surface area contributed by atoms with Gasteiger partial charge in [-0.05, 0) is 6.08 Å². The predicted molar refractivity (Wildman–Crippen MR) is 77.2 cm³/mol. The molecule has 0 radical (unpaired) electrons. The van der Waals surface area contributed by atoms with Crippen LogP contribution in [0, 0.1) is 0 Å². The lowest BCUT2D eigenvalue weighted by molar-refractivity contribution is -0.114. The van der Waals surface area contributed by atoms with Crippen molar-refractivity contribution in [3.8, 4) is 0 Å². The van der Waals surface area contributed by atoms with Gasteiger partial charge in [-0.15, -0.1) is 0 Å². The highest BCUT2D eigenvalue weighted by Gasteiger charge is 2.25. The van der Waals surface area contributed by atoms with E-state index in [0.29, 0.717) is 49.9 Å². The van der Waals surface area contributed by atoms with Crippen LogP contribution in [0.2, 0.25) is 0 Å². The van der Waals surface area contributed by atoms with E-state index in [4.69, 9.17) is 30.4 Å². The molecule has 1 atom stereocenters. The molecular weight excluding hydrogens is 276 g/mol. The molecule has 0 aliphatic heterocycles. The Morgan fingerprint density at radius 2 is 1.90 bits per heavy atom. The van der Waals surface area contributed by atoms with Gasteiger partial charge in [-0.25, -0.2) is 0 Å². The lowest BCUT2D eigenvalue weighted by Gasteiger charge is -2.24. The summed E-state index contributed by atoms with van der Waals surface area (Å²) in [7, 11) is 3.22. The van der Waals surface area contributed by atoms with E-state index in [9.17, 15) is 4.79 Å². The fourth-order valence-corrected chi connectivity index (χ4v) is 1.88. The third-order valence-electron chi connectivity index (χ3n) is 2.96. The van der Waals surface area contributed by atoms with E-state index in [1.165, 1.54) is 0 Å². The minimum absolute atomic E-state index is 0.339. The lowest BCUT2D eigenvalue weighted by Crippen LogP contribution is -2.34. The molecule has 1 rings (SSSR count). The van der Waals surface area contributed by atoms with E-state index in [0.717, 1.165) is 6.42 Å². The molecule has 120 valence electrons. The van der Waals surface area contributed by atoms with Crippen molar-refractivity contribution in [1.82, 2.24) is 0 Å². The monoisotopic (exact) mass is 300 g/mol. The van der Waals surface area contributed by atoms with E-state index in [1.54, 1.807) is 20.3 Å². The van der Waals surface area contributed by atoms with Crippen LogP contribution in [-0.4, -0.2) is 52.6 Å². The Balaban J connectivity index is 2.76. The van der Waals surface area contributed by atoms with E-state index in [-0.39, 0.29) is 0 Å². The maximum Gasteiger partial charge on any atom is 0.246 e. The predicted octanol–water partition coefficient (Wildman–Crippen LogP) is 0.0568. The Morgan fingerprint density at radius 3 is 2.52 bits per heavy atom. The summed E-state index contributed by atoms with van der Waals surface area (Å²) >= 11 is 0. The Morgan fingerprint density at radius 1 is 1.19 bits per heavy atom. The largest absolute Gasteiger partial charge is 0.494 e. The van der Waals surface area contributed by atoms with Crippen LogP contribution >= 0.6 is 0 Å². The minimum atomic E-state index is -0.547. The Hall–Kier alpha value is -1.57. The highest BCUT2D eigenvalue weighted by atomic mass is 16.5. The molecule has 0 saturated heterocycles. The quantitative estimate of drug-likeness (QED) is 0.552. The van der Waals surface area contributed by atoms with Crippen LogP contribution in [0.15, 0.2) is 23.2 Å². The Kier molecular flexibility index (Phi) is 7.81. The SMILES string of the molecule is COCCCOC1=C(OCCOC)C=C(C(N)=O)C(N)C1. The highest BCUT2D eigenvalue weighted by molar-refractivity contribution is 5.94. The smallest absolute Gasteiger partial charge is 0.246 e. The summed E-state index contributed by atoms with van der Waals surface area (Å²) in [4.78, 5) is 11.4. The zero-order chi connectivity index (χ0) is 15.7. The van der Waals surface area contributed by atoms with Crippen molar-refractivity contribution in [3.05, 3.63) is 23.2 Å². The van der Waals surface area contributed by atoms with Gasteiger partial charge in [0.25, 0.3) is 0 Å². The number of methoxy groups -OCH3 is 2. The molecule has 0 aromatic rings. The van der Waals surface area contributed by atoms with E-state index < -0.39 is 11.9 Å². The van der Waals surface area contributed by atoms with Crippen molar-refractivity contribution in [3.63, 3.8) is 0 Å².